The smallest absolute Gasteiger partial charge is 0.292 e. The first-order valence-electron chi connectivity index (χ1n) is 8.65. The van der Waals surface area contributed by atoms with E-state index in [4.69, 9.17) is 0 Å². The highest BCUT2D eigenvalue weighted by Gasteiger charge is 2.24. The van der Waals surface area contributed by atoms with E-state index in [-0.39, 0.29) is 5.91 Å². The number of rotatable bonds is 4. The number of hydrogen-bond acceptors (Lipinski definition) is 4. The van der Waals surface area contributed by atoms with Crippen molar-refractivity contribution < 1.29 is 4.79 Å². The lowest BCUT2D eigenvalue weighted by atomic mass is 10.0. The number of carbonyl (C=O) groups is 1. The number of fused-ring (bicyclic) bond motifs is 1. The Balaban J connectivity index is 1.77. The molecular weight excluding hydrogens is 314 g/mol. The molecule has 0 saturated carbocycles. The molecular formula is C19H21N5O. The van der Waals surface area contributed by atoms with E-state index in [0.717, 1.165) is 43.6 Å². The van der Waals surface area contributed by atoms with Crippen LogP contribution in [0.3, 0.4) is 0 Å². The number of nitrogens with zero attached hydrogens (tertiary/aromatic N) is 4. The first kappa shape index (κ1) is 15.8. The van der Waals surface area contributed by atoms with Crippen molar-refractivity contribution >= 4 is 11.6 Å². The SMILES string of the molecule is CNCc1ccccc1-c1ccc2nnc(C(=O)N3CCCC3)n2c1. The Labute approximate surface area is 146 Å². The van der Waals surface area contributed by atoms with Gasteiger partial charge in [0, 0.05) is 25.8 Å². The average Bonchev–Trinajstić information content (AvgIpc) is 3.31. The van der Waals surface area contributed by atoms with Gasteiger partial charge < -0.3 is 10.2 Å². The molecule has 1 fully saturated rings. The summed E-state index contributed by atoms with van der Waals surface area (Å²) >= 11 is 0. The third-order valence-corrected chi connectivity index (χ3v) is 4.68. The van der Waals surface area contributed by atoms with Gasteiger partial charge in [-0.25, -0.2) is 0 Å². The summed E-state index contributed by atoms with van der Waals surface area (Å²) in [6.07, 6.45) is 4.09. The molecule has 0 bridgehead atoms. The quantitative estimate of drug-likeness (QED) is 0.795. The molecule has 0 radical (unpaired) electrons. The van der Waals surface area contributed by atoms with E-state index in [0.29, 0.717) is 11.5 Å². The van der Waals surface area contributed by atoms with Gasteiger partial charge in [-0.3, -0.25) is 9.20 Å². The summed E-state index contributed by atoms with van der Waals surface area (Å²) in [6.45, 7) is 2.40. The van der Waals surface area contributed by atoms with Crippen molar-refractivity contribution in [1.82, 2.24) is 24.8 Å². The van der Waals surface area contributed by atoms with Gasteiger partial charge in [0.05, 0.1) is 0 Å². The van der Waals surface area contributed by atoms with Crippen molar-refractivity contribution in [2.24, 2.45) is 0 Å². The number of carbonyl (C=O) groups excluding carboxylic acids is 1. The lowest BCUT2D eigenvalue weighted by molar-refractivity contribution is 0.0779. The highest BCUT2D eigenvalue weighted by molar-refractivity contribution is 5.91. The largest absolute Gasteiger partial charge is 0.336 e. The maximum absolute atomic E-state index is 12.7. The van der Waals surface area contributed by atoms with E-state index < -0.39 is 0 Å². The normalized spacial score (nSPS) is 14.4. The molecule has 0 spiro atoms. The number of amides is 1. The topological polar surface area (TPSA) is 62.5 Å². The zero-order valence-electron chi connectivity index (χ0n) is 14.3. The molecule has 6 nitrogen and oxygen atoms in total. The van der Waals surface area contributed by atoms with E-state index in [9.17, 15) is 4.79 Å². The minimum absolute atomic E-state index is 0.0364. The van der Waals surface area contributed by atoms with Crippen molar-refractivity contribution in [3.8, 4) is 11.1 Å². The van der Waals surface area contributed by atoms with E-state index in [1.165, 1.54) is 5.56 Å². The van der Waals surface area contributed by atoms with E-state index in [1.807, 2.05) is 46.8 Å². The van der Waals surface area contributed by atoms with Crippen LogP contribution >= 0.6 is 0 Å². The van der Waals surface area contributed by atoms with E-state index in [1.54, 1.807) is 0 Å². The molecule has 1 aliphatic rings. The Morgan fingerprint density at radius 1 is 1.12 bits per heavy atom. The zero-order valence-corrected chi connectivity index (χ0v) is 14.3. The fourth-order valence-corrected chi connectivity index (χ4v) is 3.40. The molecule has 1 aromatic carbocycles. The van der Waals surface area contributed by atoms with Crippen LogP contribution in [0.1, 0.15) is 29.0 Å². The number of hydrogen-bond donors (Lipinski definition) is 1. The van der Waals surface area contributed by atoms with E-state index >= 15 is 0 Å². The maximum atomic E-state index is 12.7. The Kier molecular flexibility index (Phi) is 4.19. The fourth-order valence-electron chi connectivity index (χ4n) is 3.40. The Hall–Kier alpha value is -2.73. The van der Waals surface area contributed by atoms with Crippen LogP contribution < -0.4 is 5.32 Å². The van der Waals surface area contributed by atoms with Gasteiger partial charge >= 0.3 is 0 Å². The number of benzene rings is 1. The molecule has 3 heterocycles. The van der Waals surface area contributed by atoms with Crippen molar-refractivity contribution in [2.45, 2.75) is 19.4 Å². The number of nitrogens with one attached hydrogen (secondary N) is 1. The molecule has 128 valence electrons. The van der Waals surface area contributed by atoms with Crippen LogP contribution in [0.2, 0.25) is 0 Å². The summed E-state index contributed by atoms with van der Waals surface area (Å²) in [6, 6.07) is 12.2. The van der Waals surface area contributed by atoms with Crippen molar-refractivity contribution in [3.63, 3.8) is 0 Å². The zero-order chi connectivity index (χ0) is 17.2. The van der Waals surface area contributed by atoms with E-state index in [2.05, 4.69) is 27.6 Å². The van der Waals surface area contributed by atoms with Crippen LogP contribution in [0, 0.1) is 0 Å². The molecule has 25 heavy (non-hydrogen) atoms. The molecule has 0 atom stereocenters. The molecule has 1 N–H and O–H groups in total. The van der Waals surface area contributed by atoms with Gasteiger partial charge in [0.1, 0.15) is 0 Å². The molecule has 2 aromatic heterocycles. The molecule has 4 rings (SSSR count). The summed E-state index contributed by atoms with van der Waals surface area (Å²) in [5.74, 6) is 0.357. The summed E-state index contributed by atoms with van der Waals surface area (Å²) in [7, 11) is 1.94. The van der Waals surface area contributed by atoms with Crippen LogP contribution in [0.5, 0.6) is 0 Å². The number of aromatic nitrogens is 3. The highest BCUT2D eigenvalue weighted by Crippen LogP contribution is 2.24. The second-order valence-corrected chi connectivity index (χ2v) is 6.36. The number of pyridine rings is 1. The first-order valence-corrected chi connectivity index (χ1v) is 8.65. The first-order chi connectivity index (χ1) is 12.3. The molecule has 0 aliphatic carbocycles. The molecule has 1 saturated heterocycles. The second-order valence-electron chi connectivity index (χ2n) is 6.36. The lowest BCUT2D eigenvalue weighted by Gasteiger charge is -2.14. The monoisotopic (exact) mass is 335 g/mol. The van der Waals surface area contributed by atoms with Gasteiger partial charge in [-0.05, 0) is 48.7 Å². The highest BCUT2D eigenvalue weighted by atomic mass is 16.2. The molecule has 1 amide bonds. The van der Waals surface area contributed by atoms with Gasteiger partial charge in [-0.1, -0.05) is 24.3 Å². The van der Waals surface area contributed by atoms with Gasteiger partial charge in [-0.15, -0.1) is 10.2 Å². The van der Waals surface area contributed by atoms with Gasteiger partial charge in [0.25, 0.3) is 5.91 Å². The molecule has 3 aromatic rings. The maximum Gasteiger partial charge on any atom is 0.292 e. The minimum atomic E-state index is -0.0364. The van der Waals surface area contributed by atoms with Crippen molar-refractivity contribution in [2.75, 3.05) is 20.1 Å². The predicted molar refractivity (Wildman–Crippen MR) is 96.3 cm³/mol. The Bertz CT molecular complexity index is 911. The van der Waals surface area contributed by atoms with Gasteiger partial charge in [0.2, 0.25) is 5.82 Å². The lowest BCUT2D eigenvalue weighted by Crippen LogP contribution is -2.29. The summed E-state index contributed by atoms with van der Waals surface area (Å²) in [5, 5.41) is 11.5. The fraction of sp³-hybridized carbons (Fsp3) is 0.316. The minimum Gasteiger partial charge on any atom is -0.336 e. The second kappa shape index (κ2) is 6.64. The van der Waals surface area contributed by atoms with Gasteiger partial charge in [-0.2, -0.15) is 0 Å². The summed E-state index contributed by atoms with van der Waals surface area (Å²) in [4.78, 5) is 14.6. The summed E-state index contributed by atoms with van der Waals surface area (Å²) in [5.41, 5.74) is 4.10. The van der Waals surface area contributed by atoms with Gasteiger partial charge in [0.15, 0.2) is 5.65 Å². The molecule has 6 heteroatoms. The van der Waals surface area contributed by atoms with Crippen LogP contribution in [0.15, 0.2) is 42.6 Å². The third-order valence-electron chi connectivity index (χ3n) is 4.68. The van der Waals surface area contributed by atoms with Crippen LogP contribution in [-0.4, -0.2) is 45.5 Å². The predicted octanol–water partition coefficient (Wildman–Crippen LogP) is 2.35. The van der Waals surface area contributed by atoms with Crippen LogP contribution in [0.25, 0.3) is 16.8 Å². The van der Waals surface area contributed by atoms with Crippen molar-refractivity contribution in [3.05, 3.63) is 54.0 Å². The number of likely N-dealkylation sites (tertiary alicyclic amines) is 1. The van der Waals surface area contributed by atoms with Crippen LogP contribution in [0.4, 0.5) is 0 Å². The van der Waals surface area contributed by atoms with Crippen molar-refractivity contribution in [1.29, 1.82) is 0 Å². The summed E-state index contributed by atoms with van der Waals surface area (Å²) < 4.78 is 1.81. The Morgan fingerprint density at radius 2 is 1.92 bits per heavy atom. The molecule has 0 unspecified atom stereocenters. The average molecular weight is 335 g/mol. The Morgan fingerprint density at radius 3 is 2.72 bits per heavy atom. The van der Waals surface area contributed by atoms with Crippen LogP contribution in [-0.2, 0) is 6.54 Å². The standard InChI is InChI=1S/C19H21N5O/c1-20-12-14-6-2-3-7-16(14)15-8-9-17-21-22-18(24(17)13-15)19(25)23-10-4-5-11-23/h2-3,6-9,13,20H,4-5,10-12H2,1H3. The third kappa shape index (κ3) is 2.89. The molecule has 1 aliphatic heterocycles.